The topological polar surface area (TPSA) is 17.1 Å². The Hall–Kier alpha value is -1.42. The molecule has 0 heterocycles. The Morgan fingerprint density at radius 3 is 2.19 bits per heavy atom. The van der Waals surface area contributed by atoms with Crippen LogP contribution in [-0.2, 0) is 5.41 Å². The summed E-state index contributed by atoms with van der Waals surface area (Å²) >= 11 is 2.19. The Bertz CT molecular complexity index is 661. The number of ketones is 1. The van der Waals surface area contributed by atoms with E-state index in [4.69, 9.17) is 0 Å². The molecule has 0 aromatic heterocycles. The van der Waals surface area contributed by atoms with E-state index in [2.05, 4.69) is 67.6 Å². The fourth-order valence-corrected chi connectivity index (χ4v) is 2.67. The van der Waals surface area contributed by atoms with Gasteiger partial charge in [-0.25, -0.2) is 0 Å². The molecule has 0 aliphatic rings. The van der Waals surface area contributed by atoms with Crippen molar-refractivity contribution in [3.63, 3.8) is 0 Å². The number of rotatable bonds is 3. The third-order valence-corrected chi connectivity index (χ3v) is 4.28. The molecule has 0 saturated carbocycles. The molecular weight excluding hydrogens is 371 g/mol. The highest BCUT2D eigenvalue weighted by Gasteiger charge is 2.12. The third kappa shape index (κ3) is 4.27. The van der Waals surface area contributed by atoms with Gasteiger partial charge in [-0.15, -0.1) is 0 Å². The molecule has 0 aliphatic carbocycles. The zero-order valence-corrected chi connectivity index (χ0v) is 14.7. The first-order valence-electron chi connectivity index (χ1n) is 6.95. The highest BCUT2D eigenvalue weighted by atomic mass is 127. The van der Waals surface area contributed by atoms with E-state index < -0.39 is 0 Å². The maximum Gasteiger partial charge on any atom is 0.186 e. The largest absolute Gasteiger partial charge is 0.289 e. The second-order valence-electron chi connectivity index (χ2n) is 6.05. The van der Waals surface area contributed by atoms with E-state index in [1.54, 1.807) is 6.08 Å². The fraction of sp³-hybridized carbons (Fsp3) is 0.211. The van der Waals surface area contributed by atoms with Gasteiger partial charge in [0, 0.05) is 9.13 Å². The lowest BCUT2D eigenvalue weighted by Crippen LogP contribution is -2.10. The molecule has 2 heteroatoms. The van der Waals surface area contributed by atoms with Crippen molar-refractivity contribution in [1.29, 1.82) is 0 Å². The zero-order valence-electron chi connectivity index (χ0n) is 12.6. The van der Waals surface area contributed by atoms with Gasteiger partial charge >= 0.3 is 0 Å². The summed E-state index contributed by atoms with van der Waals surface area (Å²) in [5, 5.41) is 0. The van der Waals surface area contributed by atoms with Gasteiger partial charge in [0.05, 0.1) is 0 Å². The van der Waals surface area contributed by atoms with Crippen molar-refractivity contribution >= 4 is 34.5 Å². The number of benzene rings is 2. The quantitative estimate of drug-likeness (QED) is 0.385. The molecule has 108 valence electrons. The van der Waals surface area contributed by atoms with Gasteiger partial charge < -0.3 is 0 Å². The van der Waals surface area contributed by atoms with Crippen molar-refractivity contribution in [2.75, 3.05) is 0 Å². The Balaban J connectivity index is 2.15. The summed E-state index contributed by atoms with van der Waals surface area (Å²) in [5.41, 5.74) is 3.24. The van der Waals surface area contributed by atoms with Crippen LogP contribution >= 0.6 is 22.6 Å². The van der Waals surface area contributed by atoms with Gasteiger partial charge in [-0.05, 0) is 57.3 Å². The summed E-state index contributed by atoms with van der Waals surface area (Å²) in [6.07, 6.45) is 3.52. The number of hydrogen-bond acceptors (Lipinski definition) is 1. The van der Waals surface area contributed by atoms with Crippen LogP contribution in [0.25, 0.3) is 6.08 Å². The monoisotopic (exact) mass is 390 g/mol. The van der Waals surface area contributed by atoms with Crippen molar-refractivity contribution in [2.24, 2.45) is 0 Å². The van der Waals surface area contributed by atoms with Gasteiger partial charge in [0.1, 0.15) is 0 Å². The smallest absolute Gasteiger partial charge is 0.186 e. The van der Waals surface area contributed by atoms with E-state index in [-0.39, 0.29) is 11.2 Å². The van der Waals surface area contributed by atoms with Gasteiger partial charge in [-0.3, -0.25) is 4.79 Å². The molecule has 0 atom stereocenters. The van der Waals surface area contributed by atoms with E-state index >= 15 is 0 Å². The molecule has 0 saturated heterocycles. The van der Waals surface area contributed by atoms with Crippen molar-refractivity contribution in [3.8, 4) is 0 Å². The highest BCUT2D eigenvalue weighted by Crippen LogP contribution is 2.22. The molecule has 1 nitrogen and oxygen atoms in total. The van der Waals surface area contributed by atoms with Crippen molar-refractivity contribution in [1.82, 2.24) is 0 Å². The minimum absolute atomic E-state index is 0.0416. The Kier molecular flexibility index (Phi) is 4.99. The number of hydrogen-bond donors (Lipinski definition) is 0. The van der Waals surface area contributed by atoms with Gasteiger partial charge in [0.2, 0.25) is 0 Å². The molecule has 0 fully saturated rings. The Labute approximate surface area is 140 Å². The molecule has 0 amide bonds. The number of halogens is 1. The van der Waals surface area contributed by atoms with Gasteiger partial charge in [0.25, 0.3) is 0 Å². The molecule has 0 bridgehead atoms. The van der Waals surface area contributed by atoms with Gasteiger partial charge in [0.15, 0.2) is 5.78 Å². The van der Waals surface area contributed by atoms with Crippen LogP contribution in [0.2, 0.25) is 0 Å². The first-order chi connectivity index (χ1) is 9.88. The van der Waals surface area contributed by atoms with Crippen LogP contribution in [0.15, 0.2) is 54.6 Å². The predicted molar refractivity (Wildman–Crippen MR) is 97.7 cm³/mol. The van der Waals surface area contributed by atoms with E-state index in [1.165, 1.54) is 5.56 Å². The van der Waals surface area contributed by atoms with Crippen LogP contribution in [0.1, 0.15) is 42.3 Å². The first kappa shape index (κ1) is 16.0. The molecule has 2 aromatic carbocycles. The third-order valence-electron chi connectivity index (χ3n) is 3.34. The van der Waals surface area contributed by atoms with Crippen LogP contribution in [0.4, 0.5) is 0 Å². The Morgan fingerprint density at radius 1 is 1.00 bits per heavy atom. The summed E-state index contributed by atoms with van der Waals surface area (Å²) in [4.78, 5) is 12.2. The summed E-state index contributed by atoms with van der Waals surface area (Å²) in [7, 11) is 0. The minimum atomic E-state index is 0.0416. The molecule has 2 aromatic rings. The second-order valence-corrected chi connectivity index (χ2v) is 7.21. The molecule has 21 heavy (non-hydrogen) atoms. The van der Waals surface area contributed by atoms with E-state index in [0.29, 0.717) is 0 Å². The molecule has 0 radical (unpaired) electrons. The van der Waals surface area contributed by atoms with Crippen LogP contribution in [0.5, 0.6) is 0 Å². The van der Waals surface area contributed by atoms with E-state index in [1.807, 2.05) is 30.3 Å². The van der Waals surface area contributed by atoms with Crippen LogP contribution in [-0.4, -0.2) is 5.78 Å². The van der Waals surface area contributed by atoms with E-state index in [0.717, 1.165) is 14.7 Å². The van der Waals surface area contributed by atoms with E-state index in [9.17, 15) is 4.79 Å². The van der Waals surface area contributed by atoms with Crippen molar-refractivity contribution in [2.45, 2.75) is 26.2 Å². The number of carbonyl (C=O) groups is 1. The van der Waals surface area contributed by atoms with Crippen LogP contribution in [0, 0.1) is 3.57 Å². The molecule has 0 aliphatic heterocycles. The average molecular weight is 390 g/mol. The number of allylic oxidation sites excluding steroid dienone is 1. The summed E-state index contributed by atoms with van der Waals surface area (Å²) in [5.74, 6) is 0.0416. The predicted octanol–water partition coefficient (Wildman–Crippen LogP) is 5.48. The second kappa shape index (κ2) is 6.56. The number of carbonyl (C=O) groups excluding carboxylic acids is 1. The fourth-order valence-electron chi connectivity index (χ4n) is 2.02. The standard InChI is InChI=1S/C19H19IO/c1-19(2,3)15-11-8-14(9-12-15)10-13-18(21)16-6-4-5-7-17(16)20/h4-13H,1-3H3/b13-10+. The first-order valence-corrected chi connectivity index (χ1v) is 8.03. The maximum atomic E-state index is 12.2. The molecule has 0 spiro atoms. The van der Waals surface area contributed by atoms with Crippen molar-refractivity contribution in [3.05, 3.63) is 74.9 Å². The summed E-state index contributed by atoms with van der Waals surface area (Å²) in [6, 6.07) is 16.0. The zero-order chi connectivity index (χ0) is 15.5. The van der Waals surface area contributed by atoms with Gasteiger partial charge in [-0.2, -0.15) is 0 Å². The summed E-state index contributed by atoms with van der Waals surface area (Å²) in [6.45, 7) is 6.58. The SMILES string of the molecule is CC(C)(C)c1ccc(/C=C/C(=O)c2ccccc2I)cc1. The highest BCUT2D eigenvalue weighted by molar-refractivity contribution is 14.1. The lowest BCUT2D eigenvalue weighted by atomic mass is 9.87. The van der Waals surface area contributed by atoms with Gasteiger partial charge in [-0.1, -0.05) is 63.2 Å². The molecule has 0 unspecified atom stereocenters. The lowest BCUT2D eigenvalue weighted by Gasteiger charge is -2.18. The molecule has 2 rings (SSSR count). The molecule has 0 N–H and O–H groups in total. The van der Waals surface area contributed by atoms with Crippen molar-refractivity contribution < 1.29 is 4.79 Å². The summed E-state index contributed by atoms with van der Waals surface area (Å²) < 4.78 is 0.979. The minimum Gasteiger partial charge on any atom is -0.289 e. The van der Waals surface area contributed by atoms with Crippen LogP contribution < -0.4 is 0 Å². The van der Waals surface area contributed by atoms with Crippen LogP contribution in [0.3, 0.4) is 0 Å². The maximum absolute atomic E-state index is 12.2. The Morgan fingerprint density at radius 2 is 1.62 bits per heavy atom. The molecular formula is C19H19IO. The lowest BCUT2D eigenvalue weighted by molar-refractivity contribution is 0.104. The average Bonchev–Trinajstić information content (AvgIpc) is 2.45. The normalized spacial score (nSPS) is 11.8.